The zero-order chi connectivity index (χ0) is 13.1. The molecule has 0 aromatic heterocycles. The average molecular weight is 361 g/mol. The van der Waals surface area contributed by atoms with E-state index in [1.807, 2.05) is 12.1 Å². The van der Waals surface area contributed by atoms with Crippen molar-refractivity contribution in [2.45, 2.75) is 6.43 Å². The summed E-state index contributed by atoms with van der Waals surface area (Å²) in [5.41, 5.74) is 5.59. The molecule has 2 aromatic carbocycles. The first-order valence-electron chi connectivity index (χ1n) is 5.18. The molecule has 2 nitrogen and oxygen atoms in total. The number of benzene rings is 2. The van der Waals surface area contributed by atoms with Crippen LogP contribution in [0, 0.1) is 3.57 Å². The Balaban J connectivity index is 2.37. The van der Waals surface area contributed by atoms with Gasteiger partial charge >= 0.3 is 0 Å². The summed E-state index contributed by atoms with van der Waals surface area (Å²) >= 11 is 2.09. The van der Waals surface area contributed by atoms with E-state index < -0.39 is 6.43 Å². The van der Waals surface area contributed by atoms with Crippen molar-refractivity contribution >= 4 is 28.3 Å². The molecule has 0 unspecified atom stereocenters. The van der Waals surface area contributed by atoms with Crippen molar-refractivity contribution in [1.82, 2.24) is 0 Å². The quantitative estimate of drug-likeness (QED) is 0.641. The minimum Gasteiger partial charge on any atom is -0.456 e. The molecule has 0 spiro atoms. The zero-order valence-electron chi connectivity index (χ0n) is 9.24. The Bertz CT molecular complexity index is 560. The molecule has 0 saturated heterocycles. The van der Waals surface area contributed by atoms with Gasteiger partial charge < -0.3 is 10.5 Å². The molecule has 0 heterocycles. The molecule has 94 valence electrons. The second kappa shape index (κ2) is 5.51. The molecule has 2 rings (SSSR count). The highest BCUT2D eigenvalue weighted by Crippen LogP contribution is 2.35. The van der Waals surface area contributed by atoms with Crippen LogP contribution >= 0.6 is 22.6 Å². The molecule has 0 bridgehead atoms. The van der Waals surface area contributed by atoms with Crippen LogP contribution in [0.15, 0.2) is 42.5 Å². The fourth-order valence-corrected chi connectivity index (χ4v) is 1.97. The highest BCUT2D eigenvalue weighted by Gasteiger charge is 2.15. The number of para-hydroxylation sites is 1. The van der Waals surface area contributed by atoms with E-state index in [1.165, 1.54) is 18.2 Å². The van der Waals surface area contributed by atoms with Gasteiger partial charge in [0.05, 0.1) is 9.13 Å². The molecular formula is C13H10F2INO. The van der Waals surface area contributed by atoms with Crippen LogP contribution in [-0.2, 0) is 0 Å². The lowest BCUT2D eigenvalue weighted by Crippen LogP contribution is -1.95. The summed E-state index contributed by atoms with van der Waals surface area (Å²) in [6.45, 7) is 0. The molecule has 5 heteroatoms. The number of ether oxygens (including phenoxy) is 1. The largest absolute Gasteiger partial charge is 0.456 e. The Morgan fingerprint density at radius 2 is 1.78 bits per heavy atom. The first kappa shape index (κ1) is 13.1. The first-order valence-corrected chi connectivity index (χ1v) is 6.26. The third-order valence-corrected chi connectivity index (χ3v) is 3.22. The second-order valence-corrected chi connectivity index (χ2v) is 4.79. The smallest absolute Gasteiger partial charge is 0.267 e. The van der Waals surface area contributed by atoms with Gasteiger partial charge in [-0.3, -0.25) is 0 Å². The molecule has 0 saturated carbocycles. The molecule has 0 fully saturated rings. The van der Waals surface area contributed by atoms with E-state index in [9.17, 15) is 8.78 Å². The van der Waals surface area contributed by atoms with Gasteiger partial charge in [-0.2, -0.15) is 0 Å². The van der Waals surface area contributed by atoms with E-state index in [-0.39, 0.29) is 11.3 Å². The van der Waals surface area contributed by atoms with Crippen LogP contribution in [0.5, 0.6) is 11.5 Å². The van der Waals surface area contributed by atoms with E-state index >= 15 is 0 Å². The van der Waals surface area contributed by atoms with Crippen molar-refractivity contribution in [1.29, 1.82) is 0 Å². The number of halogens is 3. The first-order chi connectivity index (χ1) is 8.58. The average Bonchev–Trinajstić information content (AvgIpc) is 2.34. The van der Waals surface area contributed by atoms with Gasteiger partial charge in [0.15, 0.2) is 0 Å². The Morgan fingerprint density at radius 1 is 1.06 bits per heavy atom. The van der Waals surface area contributed by atoms with Crippen LogP contribution in [0.25, 0.3) is 0 Å². The minimum absolute atomic E-state index is 0.128. The van der Waals surface area contributed by atoms with Gasteiger partial charge in [-0.25, -0.2) is 8.78 Å². The third kappa shape index (κ3) is 2.90. The number of alkyl halides is 2. The van der Waals surface area contributed by atoms with Crippen LogP contribution in [-0.4, -0.2) is 0 Å². The van der Waals surface area contributed by atoms with E-state index in [2.05, 4.69) is 22.6 Å². The molecule has 0 atom stereocenters. The summed E-state index contributed by atoms with van der Waals surface area (Å²) in [7, 11) is 0. The lowest BCUT2D eigenvalue weighted by molar-refractivity contribution is 0.148. The minimum atomic E-state index is -2.62. The summed E-state index contributed by atoms with van der Waals surface area (Å²) < 4.78 is 32.1. The number of anilines is 1. The van der Waals surface area contributed by atoms with Crippen LogP contribution in [0.2, 0.25) is 0 Å². The monoisotopic (exact) mass is 361 g/mol. The molecule has 0 amide bonds. The van der Waals surface area contributed by atoms with Crippen LogP contribution < -0.4 is 10.5 Å². The fraction of sp³-hybridized carbons (Fsp3) is 0.0769. The normalized spacial score (nSPS) is 10.7. The van der Waals surface area contributed by atoms with Crippen LogP contribution in [0.4, 0.5) is 14.5 Å². The van der Waals surface area contributed by atoms with Crippen LogP contribution in [0.1, 0.15) is 12.0 Å². The van der Waals surface area contributed by atoms with Gasteiger partial charge in [0.1, 0.15) is 11.5 Å². The van der Waals surface area contributed by atoms with Gasteiger partial charge in [0, 0.05) is 5.69 Å². The predicted molar refractivity (Wildman–Crippen MR) is 75.0 cm³/mol. The van der Waals surface area contributed by atoms with Gasteiger partial charge in [0.2, 0.25) is 0 Å². The number of hydrogen-bond donors (Lipinski definition) is 1. The molecule has 2 N–H and O–H groups in total. The van der Waals surface area contributed by atoms with E-state index in [4.69, 9.17) is 10.5 Å². The molecule has 0 radical (unpaired) electrons. The van der Waals surface area contributed by atoms with Crippen LogP contribution in [0.3, 0.4) is 0 Å². The maximum atomic E-state index is 12.9. The van der Waals surface area contributed by atoms with E-state index in [0.717, 1.165) is 3.57 Å². The zero-order valence-corrected chi connectivity index (χ0v) is 11.4. The summed E-state index contributed by atoms with van der Waals surface area (Å²) in [5, 5.41) is 0. The second-order valence-electron chi connectivity index (χ2n) is 3.63. The summed E-state index contributed by atoms with van der Waals surface area (Å²) in [6.07, 6.45) is -2.62. The maximum Gasteiger partial charge on any atom is 0.267 e. The number of nitrogen functional groups attached to an aromatic ring is 1. The molecular weight excluding hydrogens is 351 g/mol. The van der Waals surface area contributed by atoms with Crippen molar-refractivity contribution in [2.75, 3.05) is 5.73 Å². The van der Waals surface area contributed by atoms with Crippen molar-refractivity contribution in [3.63, 3.8) is 0 Å². The standard InChI is InChI=1S/C13H10F2INO/c14-13(15)9-7-8(17)5-6-11(9)18-12-4-2-1-3-10(12)16/h1-7,13H,17H2. The summed E-state index contributed by atoms with van der Waals surface area (Å²) in [6, 6.07) is 11.4. The van der Waals surface area contributed by atoms with Gasteiger partial charge in [-0.05, 0) is 52.9 Å². The Morgan fingerprint density at radius 3 is 2.44 bits per heavy atom. The number of nitrogens with two attached hydrogens (primary N) is 1. The lowest BCUT2D eigenvalue weighted by Gasteiger charge is -2.12. The highest BCUT2D eigenvalue weighted by molar-refractivity contribution is 14.1. The fourth-order valence-electron chi connectivity index (χ4n) is 1.48. The molecule has 2 aromatic rings. The number of rotatable bonds is 3. The summed E-state index contributed by atoms with van der Waals surface area (Å²) in [5.74, 6) is 0.674. The van der Waals surface area contributed by atoms with Gasteiger partial charge in [-0.1, -0.05) is 12.1 Å². The van der Waals surface area contributed by atoms with Gasteiger partial charge in [0.25, 0.3) is 6.43 Å². The molecule has 0 aliphatic carbocycles. The predicted octanol–water partition coefficient (Wildman–Crippen LogP) is 4.60. The van der Waals surface area contributed by atoms with Crippen molar-refractivity contribution < 1.29 is 13.5 Å². The third-order valence-electron chi connectivity index (χ3n) is 2.33. The Hall–Kier alpha value is -1.37. The molecule has 0 aliphatic heterocycles. The Labute approximate surface area is 117 Å². The van der Waals surface area contributed by atoms with Crippen molar-refractivity contribution in [3.05, 3.63) is 51.6 Å². The van der Waals surface area contributed by atoms with Gasteiger partial charge in [-0.15, -0.1) is 0 Å². The lowest BCUT2D eigenvalue weighted by atomic mass is 10.2. The maximum absolute atomic E-state index is 12.9. The van der Waals surface area contributed by atoms with Crippen molar-refractivity contribution in [2.24, 2.45) is 0 Å². The molecule has 0 aliphatic rings. The topological polar surface area (TPSA) is 35.2 Å². The Kier molecular flexibility index (Phi) is 4.00. The highest BCUT2D eigenvalue weighted by atomic mass is 127. The SMILES string of the molecule is Nc1ccc(Oc2ccccc2I)c(C(F)F)c1. The summed E-state index contributed by atoms with van der Waals surface area (Å²) in [4.78, 5) is 0. The van der Waals surface area contributed by atoms with E-state index in [0.29, 0.717) is 11.4 Å². The molecule has 18 heavy (non-hydrogen) atoms. The number of hydrogen-bond acceptors (Lipinski definition) is 2. The van der Waals surface area contributed by atoms with Crippen molar-refractivity contribution in [3.8, 4) is 11.5 Å². The van der Waals surface area contributed by atoms with E-state index in [1.54, 1.807) is 12.1 Å².